The topological polar surface area (TPSA) is 70.1 Å². The highest BCUT2D eigenvalue weighted by atomic mass is 16.5. The van der Waals surface area contributed by atoms with Gasteiger partial charge in [0.05, 0.1) is 7.11 Å². The molecule has 1 aromatic heterocycles. The largest absolute Gasteiger partial charge is 0.464 e. The van der Waals surface area contributed by atoms with E-state index >= 15 is 0 Å². The summed E-state index contributed by atoms with van der Waals surface area (Å²) in [6.45, 7) is 1.80. The smallest absolute Gasteiger partial charge is 0.358 e. The van der Waals surface area contributed by atoms with Crippen LogP contribution in [0.2, 0.25) is 0 Å². The minimum Gasteiger partial charge on any atom is -0.464 e. The van der Waals surface area contributed by atoms with E-state index in [1.165, 1.54) is 7.11 Å². The minimum atomic E-state index is -0.451. The van der Waals surface area contributed by atoms with Gasteiger partial charge in [-0.05, 0) is 6.92 Å². The summed E-state index contributed by atoms with van der Waals surface area (Å²) in [5.74, 6) is -0.451. The second-order valence-electron chi connectivity index (χ2n) is 2.89. The van der Waals surface area contributed by atoms with E-state index in [0.717, 1.165) is 0 Å². The van der Waals surface area contributed by atoms with Crippen molar-refractivity contribution in [1.29, 1.82) is 0 Å². The highest BCUT2D eigenvalue weighted by molar-refractivity contribution is 5.88. The van der Waals surface area contributed by atoms with E-state index in [1.807, 2.05) is 0 Å². The molecular formula is C8H13N3O2. The molecule has 1 aromatic rings. The van der Waals surface area contributed by atoms with Crippen LogP contribution >= 0.6 is 0 Å². The van der Waals surface area contributed by atoms with Crippen molar-refractivity contribution >= 4 is 5.97 Å². The molecule has 0 spiro atoms. The summed E-state index contributed by atoms with van der Waals surface area (Å²) >= 11 is 0. The van der Waals surface area contributed by atoms with Gasteiger partial charge in [0, 0.05) is 24.8 Å². The van der Waals surface area contributed by atoms with Crippen LogP contribution in [0.25, 0.3) is 0 Å². The lowest BCUT2D eigenvalue weighted by molar-refractivity contribution is 0.0591. The molecule has 0 aliphatic heterocycles. The van der Waals surface area contributed by atoms with Crippen molar-refractivity contribution in [2.24, 2.45) is 12.8 Å². The van der Waals surface area contributed by atoms with Gasteiger partial charge in [-0.1, -0.05) is 0 Å². The third-order valence-corrected chi connectivity index (χ3v) is 1.73. The molecule has 1 heterocycles. The van der Waals surface area contributed by atoms with Crippen LogP contribution in [0.3, 0.4) is 0 Å². The lowest BCUT2D eigenvalue weighted by Crippen LogP contribution is -2.11. The lowest BCUT2D eigenvalue weighted by atomic mass is 10.1. The number of rotatable bonds is 2. The van der Waals surface area contributed by atoms with Gasteiger partial charge in [-0.3, -0.25) is 4.68 Å². The maximum atomic E-state index is 11.2. The van der Waals surface area contributed by atoms with Crippen LogP contribution in [0, 0.1) is 0 Å². The third-order valence-electron chi connectivity index (χ3n) is 1.73. The molecule has 0 unspecified atom stereocenters. The van der Waals surface area contributed by atoms with Crippen LogP contribution < -0.4 is 5.73 Å². The highest BCUT2D eigenvalue weighted by Gasteiger charge is 2.18. The van der Waals surface area contributed by atoms with Gasteiger partial charge in [0.1, 0.15) is 0 Å². The van der Waals surface area contributed by atoms with Crippen molar-refractivity contribution in [3.05, 3.63) is 17.5 Å². The molecule has 0 radical (unpaired) electrons. The number of esters is 1. The predicted octanol–water partition coefficient (Wildman–Crippen LogP) is 0.226. The standard InChI is InChI=1S/C8H13N3O2/c1-5(9)6-4-11(2)10-7(6)8(12)13-3/h4-5H,9H2,1-3H3/t5-/m0/s1. The molecule has 1 rings (SSSR count). The van der Waals surface area contributed by atoms with E-state index in [1.54, 1.807) is 24.9 Å². The number of carbonyl (C=O) groups is 1. The van der Waals surface area contributed by atoms with Gasteiger partial charge in [0.25, 0.3) is 0 Å². The average molecular weight is 183 g/mol. The van der Waals surface area contributed by atoms with E-state index in [0.29, 0.717) is 11.3 Å². The van der Waals surface area contributed by atoms with E-state index < -0.39 is 5.97 Å². The van der Waals surface area contributed by atoms with Crippen LogP contribution in [-0.2, 0) is 11.8 Å². The van der Waals surface area contributed by atoms with Crippen LogP contribution in [-0.4, -0.2) is 22.9 Å². The van der Waals surface area contributed by atoms with Gasteiger partial charge < -0.3 is 10.5 Å². The molecule has 0 aliphatic rings. The number of carbonyl (C=O) groups excluding carboxylic acids is 1. The molecule has 0 saturated carbocycles. The molecule has 5 nitrogen and oxygen atoms in total. The second kappa shape index (κ2) is 3.57. The summed E-state index contributed by atoms with van der Waals surface area (Å²) in [5, 5.41) is 3.96. The normalized spacial score (nSPS) is 12.6. The summed E-state index contributed by atoms with van der Waals surface area (Å²) < 4.78 is 6.12. The Morgan fingerprint density at radius 3 is 2.85 bits per heavy atom. The summed E-state index contributed by atoms with van der Waals surface area (Å²) in [6.07, 6.45) is 1.72. The van der Waals surface area contributed by atoms with Crippen molar-refractivity contribution in [2.75, 3.05) is 7.11 Å². The monoisotopic (exact) mass is 183 g/mol. The van der Waals surface area contributed by atoms with E-state index in [2.05, 4.69) is 9.84 Å². The molecule has 13 heavy (non-hydrogen) atoms. The predicted molar refractivity (Wildman–Crippen MR) is 47.1 cm³/mol. The number of aryl methyl sites for hydroxylation is 1. The van der Waals surface area contributed by atoms with Crippen molar-refractivity contribution in [2.45, 2.75) is 13.0 Å². The number of hydrogen-bond acceptors (Lipinski definition) is 4. The number of nitrogens with zero attached hydrogens (tertiary/aromatic N) is 2. The molecule has 2 N–H and O–H groups in total. The molecule has 72 valence electrons. The van der Waals surface area contributed by atoms with Crippen molar-refractivity contribution in [3.63, 3.8) is 0 Å². The van der Waals surface area contributed by atoms with Crippen molar-refractivity contribution in [1.82, 2.24) is 9.78 Å². The molecule has 0 aliphatic carbocycles. The summed E-state index contributed by atoms with van der Waals surface area (Å²) in [7, 11) is 3.06. The first-order chi connectivity index (χ1) is 6.06. The quantitative estimate of drug-likeness (QED) is 0.666. The first kappa shape index (κ1) is 9.73. The maximum absolute atomic E-state index is 11.2. The molecule has 1 atom stereocenters. The summed E-state index contributed by atoms with van der Waals surface area (Å²) in [5.41, 5.74) is 6.65. The molecule has 0 saturated heterocycles. The van der Waals surface area contributed by atoms with E-state index in [9.17, 15) is 4.79 Å². The number of aromatic nitrogens is 2. The zero-order chi connectivity index (χ0) is 10.0. The Balaban J connectivity index is 3.11. The molecule has 0 amide bonds. The Kier molecular flexibility index (Phi) is 2.67. The van der Waals surface area contributed by atoms with E-state index in [-0.39, 0.29) is 6.04 Å². The number of nitrogens with two attached hydrogens (primary N) is 1. The highest BCUT2D eigenvalue weighted by Crippen LogP contribution is 2.14. The Morgan fingerprint density at radius 2 is 2.38 bits per heavy atom. The molecule has 0 bridgehead atoms. The Labute approximate surface area is 76.5 Å². The number of ether oxygens (including phenoxy) is 1. The van der Waals surface area contributed by atoms with Crippen LogP contribution in [0.5, 0.6) is 0 Å². The van der Waals surface area contributed by atoms with Gasteiger partial charge in [-0.2, -0.15) is 5.10 Å². The SMILES string of the molecule is COC(=O)c1nn(C)cc1[C@H](C)N. The van der Waals surface area contributed by atoms with Crippen molar-refractivity contribution < 1.29 is 9.53 Å². The van der Waals surface area contributed by atoms with E-state index in [4.69, 9.17) is 5.73 Å². The fourth-order valence-corrected chi connectivity index (χ4v) is 1.10. The van der Waals surface area contributed by atoms with Crippen molar-refractivity contribution in [3.8, 4) is 0 Å². The number of hydrogen-bond donors (Lipinski definition) is 1. The van der Waals surface area contributed by atoms with Gasteiger partial charge >= 0.3 is 5.97 Å². The Morgan fingerprint density at radius 1 is 1.77 bits per heavy atom. The van der Waals surface area contributed by atoms with Crippen LogP contribution in [0.1, 0.15) is 29.0 Å². The fraction of sp³-hybridized carbons (Fsp3) is 0.500. The second-order valence-corrected chi connectivity index (χ2v) is 2.89. The van der Waals surface area contributed by atoms with Crippen LogP contribution in [0.15, 0.2) is 6.20 Å². The zero-order valence-electron chi connectivity index (χ0n) is 7.94. The minimum absolute atomic E-state index is 0.220. The molecule has 0 fully saturated rings. The summed E-state index contributed by atoms with van der Waals surface area (Å²) in [4.78, 5) is 11.2. The number of methoxy groups -OCH3 is 1. The molecule has 0 aromatic carbocycles. The first-order valence-electron chi connectivity index (χ1n) is 3.93. The van der Waals surface area contributed by atoms with Crippen LogP contribution in [0.4, 0.5) is 0 Å². The molecular weight excluding hydrogens is 170 g/mol. The average Bonchev–Trinajstić information content (AvgIpc) is 2.46. The zero-order valence-corrected chi connectivity index (χ0v) is 7.94. The van der Waals surface area contributed by atoms with Gasteiger partial charge in [0.2, 0.25) is 0 Å². The Hall–Kier alpha value is -1.36. The maximum Gasteiger partial charge on any atom is 0.358 e. The van der Waals surface area contributed by atoms with Gasteiger partial charge in [0.15, 0.2) is 5.69 Å². The Bertz CT molecular complexity index is 317. The molecule has 5 heteroatoms. The van der Waals surface area contributed by atoms with Gasteiger partial charge in [-0.25, -0.2) is 4.79 Å². The van der Waals surface area contributed by atoms with Gasteiger partial charge in [-0.15, -0.1) is 0 Å². The third kappa shape index (κ3) is 1.86. The fourth-order valence-electron chi connectivity index (χ4n) is 1.10. The summed E-state index contributed by atoms with van der Waals surface area (Å²) in [6, 6.07) is -0.220. The lowest BCUT2D eigenvalue weighted by Gasteiger charge is -2.02. The first-order valence-corrected chi connectivity index (χ1v) is 3.93.